The van der Waals surface area contributed by atoms with Gasteiger partial charge in [0.05, 0.1) is 0 Å². The summed E-state index contributed by atoms with van der Waals surface area (Å²) in [5.41, 5.74) is -0.358. The minimum absolute atomic E-state index is 0.277. The van der Waals surface area contributed by atoms with Crippen LogP contribution in [0.1, 0.15) is 19.3 Å². The number of rotatable bonds is 1. The van der Waals surface area contributed by atoms with Gasteiger partial charge in [-0.1, -0.05) is 0 Å². The van der Waals surface area contributed by atoms with Gasteiger partial charge < -0.3 is 9.84 Å². The lowest BCUT2D eigenvalue weighted by Gasteiger charge is -2.39. The van der Waals surface area contributed by atoms with Gasteiger partial charge in [0.25, 0.3) is 0 Å². The van der Waals surface area contributed by atoms with Gasteiger partial charge in [0.15, 0.2) is 0 Å². The fourth-order valence-electron chi connectivity index (χ4n) is 2.78. The molecule has 12 heavy (non-hydrogen) atoms. The van der Waals surface area contributed by atoms with Crippen LogP contribution in [-0.4, -0.2) is 42.5 Å². The highest BCUT2D eigenvalue weighted by Gasteiger charge is 2.54. The normalized spacial score (nSPS) is 48.2. The largest absolute Gasteiger partial charge is 0.388 e. The molecule has 3 atom stereocenters. The van der Waals surface area contributed by atoms with Gasteiger partial charge in [0.2, 0.25) is 0 Å². The number of ether oxygens (including phenoxy) is 1. The molecular weight excluding hydrogens is 154 g/mol. The first-order valence-corrected chi connectivity index (χ1v) is 4.65. The minimum Gasteiger partial charge on any atom is -0.388 e. The fraction of sp³-hybridized carbons (Fsp3) is 1.00. The molecule has 0 radical (unpaired) electrons. The molecule has 3 heteroatoms. The number of nitrogens with zero attached hydrogens (tertiary/aromatic N) is 1. The Morgan fingerprint density at radius 1 is 1.58 bits per heavy atom. The molecule has 1 heterocycles. The molecule has 1 aliphatic heterocycles. The lowest BCUT2D eigenvalue weighted by molar-refractivity contribution is -0.174. The van der Waals surface area contributed by atoms with Crippen LogP contribution in [0.4, 0.5) is 0 Å². The molecule has 1 saturated carbocycles. The third kappa shape index (κ3) is 0.873. The molecule has 0 amide bonds. The number of methoxy groups -OCH3 is 1. The topological polar surface area (TPSA) is 32.7 Å². The predicted molar refractivity (Wildman–Crippen MR) is 45.7 cm³/mol. The standard InChI is InChI=1S/C9H17NO2/c1-10-6-7-4-3-5-9(10,12-2)8(7)11/h7-8,11H,3-6H2,1-2H3/t7-,8-,9+/m1/s1. The maximum atomic E-state index is 9.96. The lowest BCUT2D eigenvalue weighted by atomic mass is 9.85. The van der Waals surface area contributed by atoms with Crippen LogP contribution in [0.25, 0.3) is 0 Å². The quantitative estimate of drug-likeness (QED) is 0.621. The monoisotopic (exact) mass is 171 g/mol. The molecule has 0 unspecified atom stereocenters. The molecule has 1 N–H and O–H groups in total. The smallest absolute Gasteiger partial charge is 0.147 e. The molecule has 2 aliphatic rings. The third-order valence-electron chi connectivity index (χ3n) is 3.53. The SMILES string of the molecule is CO[C@]12CCC[C@H](CN1C)[C@H]2O. The lowest BCUT2D eigenvalue weighted by Crippen LogP contribution is -2.52. The van der Waals surface area contributed by atoms with Gasteiger partial charge in [-0.25, -0.2) is 0 Å². The second kappa shape index (κ2) is 2.69. The van der Waals surface area contributed by atoms with Gasteiger partial charge in [-0.05, 0) is 26.3 Å². The number of aliphatic hydroxyl groups is 1. The predicted octanol–water partition coefficient (Wildman–Crippen LogP) is 0.435. The first kappa shape index (κ1) is 8.48. The van der Waals surface area contributed by atoms with E-state index in [0.717, 1.165) is 19.4 Å². The molecule has 1 saturated heterocycles. The average molecular weight is 171 g/mol. The van der Waals surface area contributed by atoms with Crippen molar-refractivity contribution in [3.8, 4) is 0 Å². The number of likely N-dealkylation sites (tertiary alicyclic amines) is 1. The van der Waals surface area contributed by atoms with Crippen molar-refractivity contribution in [2.45, 2.75) is 31.1 Å². The Labute approximate surface area is 73.3 Å². The molecule has 1 aliphatic carbocycles. The minimum atomic E-state index is -0.358. The van der Waals surface area contributed by atoms with E-state index in [9.17, 15) is 5.11 Å². The summed E-state index contributed by atoms with van der Waals surface area (Å²) >= 11 is 0. The van der Waals surface area contributed by atoms with E-state index in [1.807, 2.05) is 7.05 Å². The van der Waals surface area contributed by atoms with Crippen LogP contribution in [0.5, 0.6) is 0 Å². The Hall–Kier alpha value is -0.120. The van der Waals surface area contributed by atoms with E-state index in [0.29, 0.717) is 5.92 Å². The van der Waals surface area contributed by atoms with Crippen molar-refractivity contribution in [2.75, 3.05) is 20.7 Å². The maximum Gasteiger partial charge on any atom is 0.147 e. The second-order valence-electron chi connectivity index (χ2n) is 4.03. The highest BCUT2D eigenvalue weighted by atomic mass is 16.5. The fourth-order valence-corrected chi connectivity index (χ4v) is 2.78. The van der Waals surface area contributed by atoms with E-state index < -0.39 is 0 Å². The molecular formula is C9H17NO2. The maximum absolute atomic E-state index is 9.96. The summed E-state index contributed by atoms with van der Waals surface area (Å²) in [4.78, 5) is 2.16. The molecule has 0 aromatic rings. The molecule has 0 aromatic carbocycles. The summed E-state index contributed by atoms with van der Waals surface area (Å²) in [5.74, 6) is 0.434. The summed E-state index contributed by atoms with van der Waals surface area (Å²) in [5, 5.41) is 9.96. The molecule has 2 bridgehead atoms. The Kier molecular flexibility index (Phi) is 1.90. The highest BCUT2D eigenvalue weighted by Crippen LogP contribution is 2.43. The van der Waals surface area contributed by atoms with Crippen molar-refractivity contribution in [1.82, 2.24) is 4.90 Å². The van der Waals surface area contributed by atoms with E-state index >= 15 is 0 Å². The second-order valence-corrected chi connectivity index (χ2v) is 4.03. The van der Waals surface area contributed by atoms with Crippen molar-refractivity contribution in [3.63, 3.8) is 0 Å². The van der Waals surface area contributed by atoms with E-state index in [1.165, 1.54) is 6.42 Å². The summed E-state index contributed by atoms with van der Waals surface area (Å²) < 4.78 is 5.47. The van der Waals surface area contributed by atoms with Crippen molar-refractivity contribution >= 4 is 0 Å². The van der Waals surface area contributed by atoms with Crippen LogP contribution in [0, 0.1) is 5.92 Å². The molecule has 2 fully saturated rings. The first-order valence-electron chi connectivity index (χ1n) is 4.65. The van der Waals surface area contributed by atoms with Gasteiger partial charge in [0.1, 0.15) is 11.8 Å². The van der Waals surface area contributed by atoms with Gasteiger partial charge in [-0.3, -0.25) is 4.90 Å². The van der Waals surface area contributed by atoms with Crippen LogP contribution in [0.15, 0.2) is 0 Å². The third-order valence-corrected chi connectivity index (χ3v) is 3.53. The zero-order valence-corrected chi connectivity index (χ0v) is 7.79. The number of fused-ring (bicyclic) bond motifs is 2. The molecule has 2 rings (SSSR count). The van der Waals surface area contributed by atoms with Crippen molar-refractivity contribution in [2.24, 2.45) is 5.92 Å². The zero-order valence-electron chi connectivity index (χ0n) is 7.79. The van der Waals surface area contributed by atoms with E-state index in [1.54, 1.807) is 7.11 Å². The zero-order chi connectivity index (χ0) is 8.77. The Balaban J connectivity index is 2.27. The number of likely N-dealkylation sites (N-methyl/N-ethyl adjacent to an activating group) is 1. The van der Waals surface area contributed by atoms with Crippen LogP contribution in [-0.2, 0) is 4.74 Å². The van der Waals surface area contributed by atoms with Gasteiger partial charge in [-0.2, -0.15) is 0 Å². The summed E-state index contributed by atoms with van der Waals surface area (Å²) in [6.45, 7) is 0.981. The first-order chi connectivity index (χ1) is 5.70. The molecule has 3 nitrogen and oxygen atoms in total. The van der Waals surface area contributed by atoms with Crippen molar-refractivity contribution < 1.29 is 9.84 Å². The summed E-state index contributed by atoms with van der Waals surface area (Å²) in [6.07, 6.45) is 3.02. The Bertz CT molecular complexity index is 185. The number of hydrogen-bond donors (Lipinski definition) is 1. The molecule has 70 valence electrons. The van der Waals surface area contributed by atoms with E-state index in [2.05, 4.69) is 4.90 Å². The highest BCUT2D eigenvalue weighted by molar-refractivity contribution is 5.01. The number of hydrogen-bond acceptors (Lipinski definition) is 3. The van der Waals surface area contributed by atoms with Gasteiger partial charge in [-0.15, -0.1) is 0 Å². The molecule has 0 spiro atoms. The number of aliphatic hydroxyl groups excluding tert-OH is 1. The van der Waals surface area contributed by atoms with Crippen LogP contribution in [0.3, 0.4) is 0 Å². The van der Waals surface area contributed by atoms with Gasteiger partial charge in [0, 0.05) is 19.6 Å². The van der Waals surface area contributed by atoms with Crippen molar-refractivity contribution in [3.05, 3.63) is 0 Å². The van der Waals surface area contributed by atoms with Crippen LogP contribution >= 0.6 is 0 Å². The Morgan fingerprint density at radius 2 is 2.33 bits per heavy atom. The summed E-state index contributed by atoms with van der Waals surface area (Å²) in [6, 6.07) is 0. The summed E-state index contributed by atoms with van der Waals surface area (Å²) in [7, 11) is 3.74. The van der Waals surface area contributed by atoms with E-state index in [4.69, 9.17) is 4.74 Å². The average Bonchev–Trinajstić information content (AvgIpc) is 2.23. The van der Waals surface area contributed by atoms with Gasteiger partial charge >= 0.3 is 0 Å². The van der Waals surface area contributed by atoms with E-state index in [-0.39, 0.29) is 11.8 Å². The van der Waals surface area contributed by atoms with Crippen molar-refractivity contribution in [1.29, 1.82) is 0 Å². The Morgan fingerprint density at radius 3 is 2.92 bits per heavy atom. The van der Waals surface area contributed by atoms with Crippen LogP contribution < -0.4 is 0 Å². The van der Waals surface area contributed by atoms with Crippen LogP contribution in [0.2, 0.25) is 0 Å². The molecule has 0 aromatic heterocycles.